The van der Waals surface area contributed by atoms with Gasteiger partial charge in [-0.3, -0.25) is 0 Å². The van der Waals surface area contributed by atoms with Crippen LogP contribution in [0.5, 0.6) is 0 Å². The summed E-state index contributed by atoms with van der Waals surface area (Å²) in [6.07, 6.45) is 4.53. The monoisotopic (exact) mass is 185 g/mol. The molecule has 0 saturated heterocycles. The Morgan fingerprint density at radius 3 is 2.46 bits per heavy atom. The van der Waals surface area contributed by atoms with Crippen LogP contribution in [0.15, 0.2) is 12.7 Å². The summed E-state index contributed by atoms with van der Waals surface area (Å²) in [7, 11) is 0. The smallest absolute Gasteiger partial charge is 0.220 e. The van der Waals surface area contributed by atoms with Gasteiger partial charge in [0, 0.05) is 0 Å². The van der Waals surface area contributed by atoms with Crippen LogP contribution in [0.25, 0.3) is 0 Å². The van der Waals surface area contributed by atoms with Crippen molar-refractivity contribution < 1.29 is 9.47 Å². The summed E-state index contributed by atoms with van der Waals surface area (Å²) in [5.74, 6) is 0. The van der Waals surface area contributed by atoms with Crippen molar-refractivity contribution in [2.24, 2.45) is 0 Å². The zero-order valence-corrected chi connectivity index (χ0v) is 9.22. The molecule has 0 aliphatic carbocycles. The molecule has 0 aliphatic heterocycles. The van der Waals surface area contributed by atoms with Crippen LogP contribution in [0, 0.1) is 6.29 Å². The Morgan fingerprint density at radius 2 is 2.00 bits per heavy atom. The highest BCUT2D eigenvalue weighted by molar-refractivity contribution is 4.68. The maximum Gasteiger partial charge on any atom is 0.220 e. The van der Waals surface area contributed by atoms with Crippen LogP contribution in [0.2, 0.25) is 0 Å². The van der Waals surface area contributed by atoms with E-state index in [1.165, 1.54) is 0 Å². The second-order valence-electron chi connectivity index (χ2n) is 3.99. The Kier molecular flexibility index (Phi) is 6.00. The molecule has 0 aliphatic rings. The van der Waals surface area contributed by atoms with E-state index in [2.05, 4.69) is 6.58 Å². The molecule has 1 radical (unpaired) electrons. The molecule has 0 aromatic heterocycles. The van der Waals surface area contributed by atoms with Crippen LogP contribution in [0.4, 0.5) is 0 Å². The van der Waals surface area contributed by atoms with E-state index in [4.69, 9.17) is 9.47 Å². The lowest BCUT2D eigenvalue weighted by atomic mass is 10.2. The number of rotatable bonds is 6. The van der Waals surface area contributed by atoms with E-state index in [0.29, 0.717) is 12.9 Å². The average molecular weight is 185 g/mol. The molecule has 0 saturated carbocycles. The van der Waals surface area contributed by atoms with E-state index in [1.54, 1.807) is 0 Å². The van der Waals surface area contributed by atoms with Crippen molar-refractivity contribution in [3.05, 3.63) is 18.9 Å². The van der Waals surface area contributed by atoms with Crippen LogP contribution in [-0.2, 0) is 9.47 Å². The van der Waals surface area contributed by atoms with Crippen molar-refractivity contribution in [2.75, 3.05) is 6.61 Å². The Labute approximate surface area is 81.9 Å². The third-order valence-corrected chi connectivity index (χ3v) is 1.31. The summed E-state index contributed by atoms with van der Waals surface area (Å²) >= 11 is 0. The maximum absolute atomic E-state index is 5.49. The lowest BCUT2D eigenvalue weighted by Crippen LogP contribution is -2.22. The Morgan fingerprint density at radius 1 is 1.38 bits per heavy atom. The maximum atomic E-state index is 5.49. The highest BCUT2D eigenvalue weighted by Gasteiger charge is 2.16. The van der Waals surface area contributed by atoms with Crippen molar-refractivity contribution in [1.29, 1.82) is 0 Å². The molecule has 0 spiro atoms. The molecule has 0 amide bonds. The van der Waals surface area contributed by atoms with Gasteiger partial charge in [-0.1, -0.05) is 6.08 Å². The Bertz CT molecular complexity index is 136. The summed E-state index contributed by atoms with van der Waals surface area (Å²) < 4.78 is 10.9. The minimum absolute atomic E-state index is 0.164. The molecule has 77 valence electrons. The molecular formula is C11H21O2. The molecule has 0 bridgehead atoms. The molecule has 0 heterocycles. The predicted molar refractivity (Wildman–Crippen MR) is 55.1 cm³/mol. The van der Waals surface area contributed by atoms with Crippen LogP contribution >= 0.6 is 0 Å². The summed E-state index contributed by atoms with van der Waals surface area (Å²) in [6.45, 7) is 12.2. The Hall–Kier alpha value is -0.340. The van der Waals surface area contributed by atoms with E-state index in [1.807, 2.05) is 33.8 Å². The van der Waals surface area contributed by atoms with Gasteiger partial charge in [-0.25, -0.2) is 0 Å². The van der Waals surface area contributed by atoms with Gasteiger partial charge in [0.1, 0.15) is 0 Å². The van der Waals surface area contributed by atoms with Crippen molar-refractivity contribution in [1.82, 2.24) is 0 Å². The fourth-order valence-corrected chi connectivity index (χ4v) is 0.904. The minimum Gasteiger partial charge on any atom is -0.346 e. The first-order chi connectivity index (χ1) is 5.95. The Balaban J connectivity index is 3.40. The molecule has 2 heteroatoms. The molecule has 0 fully saturated rings. The summed E-state index contributed by atoms with van der Waals surface area (Å²) in [6, 6.07) is 0. The third kappa shape index (κ3) is 9.57. The molecule has 0 atom stereocenters. The van der Waals surface area contributed by atoms with Crippen LogP contribution in [0.3, 0.4) is 0 Å². The van der Waals surface area contributed by atoms with Crippen molar-refractivity contribution >= 4 is 0 Å². The van der Waals surface area contributed by atoms with E-state index in [9.17, 15) is 0 Å². The molecule has 0 unspecified atom stereocenters. The van der Waals surface area contributed by atoms with Crippen LogP contribution in [-0.4, -0.2) is 12.2 Å². The zero-order chi connectivity index (χ0) is 10.3. The fraction of sp³-hybridized carbons (Fsp3) is 0.727. The summed E-state index contributed by atoms with van der Waals surface area (Å²) in [5.41, 5.74) is -0.164. The molecule has 13 heavy (non-hydrogen) atoms. The molecule has 2 nitrogen and oxygen atoms in total. The number of unbranched alkanes of at least 4 members (excludes halogenated alkanes) is 1. The molecule has 0 aromatic rings. The third-order valence-electron chi connectivity index (χ3n) is 1.31. The summed E-state index contributed by atoms with van der Waals surface area (Å²) in [5, 5.41) is 0. The highest BCUT2D eigenvalue weighted by atomic mass is 16.7. The molecule has 0 aromatic carbocycles. The van der Waals surface area contributed by atoms with Crippen molar-refractivity contribution in [2.45, 2.75) is 46.1 Å². The van der Waals surface area contributed by atoms with Crippen LogP contribution in [0.1, 0.15) is 40.5 Å². The molecule has 0 N–H and O–H groups in total. The first-order valence-electron chi connectivity index (χ1n) is 4.72. The number of ether oxygens (including phenoxy) is 2. The fourth-order valence-electron chi connectivity index (χ4n) is 0.904. The van der Waals surface area contributed by atoms with Gasteiger partial charge in [0.2, 0.25) is 6.29 Å². The van der Waals surface area contributed by atoms with Gasteiger partial charge in [0.25, 0.3) is 0 Å². The van der Waals surface area contributed by atoms with Gasteiger partial charge in [-0.15, -0.1) is 6.58 Å². The molecular weight excluding hydrogens is 164 g/mol. The lowest BCUT2D eigenvalue weighted by molar-refractivity contribution is -0.104. The van der Waals surface area contributed by atoms with Gasteiger partial charge in [-0.05, 0) is 40.5 Å². The van der Waals surface area contributed by atoms with E-state index < -0.39 is 0 Å². The number of allylic oxidation sites excluding steroid dienone is 1. The number of hydrogen-bond acceptors (Lipinski definition) is 2. The number of hydrogen-bond donors (Lipinski definition) is 0. The van der Waals surface area contributed by atoms with Crippen molar-refractivity contribution in [3.63, 3.8) is 0 Å². The summed E-state index contributed by atoms with van der Waals surface area (Å²) in [4.78, 5) is 0. The van der Waals surface area contributed by atoms with E-state index in [0.717, 1.165) is 12.8 Å². The first kappa shape index (κ1) is 12.7. The van der Waals surface area contributed by atoms with E-state index >= 15 is 0 Å². The molecule has 0 rings (SSSR count). The second kappa shape index (κ2) is 6.17. The zero-order valence-electron chi connectivity index (χ0n) is 9.22. The quantitative estimate of drug-likeness (QED) is 0.467. The van der Waals surface area contributed by atoms with Gasteiger partial charge in [0.15, 0.2) is 0 Å². The van der Waals surface area contributed by atoms with Crippen LogP contribution < -0.4 is 0 Å². The predicted octanol–water partition coefficient (Wildman–Crippen LogP) is 3.29. The minimum atomic E-state index is -0.164. The first-order valence-corrected chi connectivity index (χ1v) is 4.72. The highest BCUT2D eigenvalue weighted by Crippen LogP contribution is 2.16. The van der Waals surface area contributed by atoms with Crippen molar-refractivity contribution in [3.8, 4) is 0 Å². The normalized spacial score (nSPS) is 12.1. The van der Waals surface area contributed by atoms with Gasteiger partial charge >= 0.3 is 0 Å². The van der Waals surface area contributed by atoms with Gasteiger partial charge in [-0.2, -0.15) is 0 Å². The average Bonchev–Trinajstić information content (AvgIpc) is 1.94. The van der Waals surface area contributed by atoms with Gasteiger partial charge < -0.3 is 9.47 Å². The lowest BCUT2D eigenvalue weighted by Gasteiger charge is -2.23. The van der Waals surface area contributed by atoms with E-state index in [-0.39, 0.29) is 5.60 Å². The largest absolute Gasteiger partial charge is 0.346 e. The van der Waals surface area contributed by atoms with Gasteiger partial charge in [0.05, 0.1) is 12.2 Å². The standard InChI is InChI=1S/C11H21O2/c1-6-7-8-9-12-10(2)13-11(3,4)5/h6H,1,7-9H2,2-5H3. The topological polar surface area (TPSA) is 18.5 Å². The SMILES string of the molecule is C=CCCCO[C](C)OC(C)(C)C. The second-order valence-corrected chi connectivity index (χ2v) is 3.99.